The highest BCUT2D eigenvalue weighted by molar-refractivity contribution is 6.05. The molecule has 1 aromatic carbocycles. The van der Waals surface area contributed by atoms with Gasteiger partial charge in [-0.05, 0) is 38.0 Å². The van der Waals surface area contributed by atoms with Crippen molar-refractivity contribution in [1.82, 2.24) is 0 Å². The Morgan fingerprint density at radius 1 is 1.40 bits per heavy atom. The number of rotatable bonds is 1. The van der Waals surface area contributed by atoms with Gasteiger partial charge in [0.25, 0.3) is 0 Å². The summed E-state index contributed by atoms with van der Waals surface area (Å²) in [6, 6.07) is 5.92. The first-order valence-corrected chi connectivity index (χ1v) is 5.14. The second-order valence-electron chi connectivity index (χ2n) is 4.67. The maximum Gasteiger partial charge on any atom is 0.234 e. The first kappa shape index (κ1) is 10.2. The van der Waals surface area contributed by atoms with E-state index in [1.54, 1.807) is 0 Å². The third-order valence-electron chi connectivity index (χ3n) is 3.06. The van der Waals surface area contributed by atoms with E-state index in [9.17, 15) is 4.79 Å². The number of carbonyl (C=O) groups is 1. The van der Waals surface area contributed by atoms with Gasteiger partial charge in [-0.15, -0.1) is 0 Å². The van der Waals surface area contributed by atoms with Crippen molar-refractivity contribution < 1.29 is 4.79 Å². The molecule has 1 atom stereocenters. The van der Waals surface area contributed by atoms with Gasteiger partial charge < -0.3 is 11.1 Å². The molecule has 0 aliphatic carbocycles. The van der Waals surface area contributed by atoms with E-state index in [1.807, 2.05) is 39.0 Å². The molecule has 0 bridgehead atoms. The maximum absolute atomic E-state index is 11.7. The van der Waals surface area contributed by atoms with Crippen LogP contribution in [-0.2, 0) is 10.2 Å². The summed E-state index contributed by atoms with van der Waals surface area (Å²) in [4.78, 5) is 11.7. The van der Waals surface area contributed by atoms with Gasteiger partial charge in [0.1, 0.15) is 0 Å². The lowest BCUT2D eigenvalue weighted by Crippen LogP contribution is -2.27. The highest BCUT2D eigenvalue weighted by atomic mass is 16.2. The highest BCUT2D eigenvalue weighted by Gasteiger charge is 2.38. The average Bonchev–Trinajstić information content (AvgIpc) is 2.38. The third kappa shape index (κ3) is 1.43. The van der Waals surface area contributed by atoms with Crippen molar-refractivity contribution in [3.63, 3.8) is 0 Å². The Morgan fingerprint density at radius 3 is 2.67 bits per heavy atom. The lowest BCUT2D eigenvalue weighted by atomic mass is 9.85. The number of amides is 1. The van der Waals surface area contributed by atoms with Crippen molar-refractivity contribution in [1.29, 1.82) is 0 Å². The smallest absolute Gasteiger partial charge is 0.234 e. The van der Waals surface area contributed by atoms with Crippen LogP contribution in [0.4, 0.5) is 5.69 Å². The predicted octanol–water partition coefficient (Wildman–Crippen LogP) is 1.94. The van der Waals surface area contributed by atoms with Crippen LogP contribution >= 0.6 is 0 Å². The molecule has 0 saturated heterocycles. The molecular formula is C12H16N2O. The summed E-state index contributed by atoms with van der Waals surface area (Å²) >= 11 is 0. The van der Waals surface area contributed by atoms with Crippen molar-refractivity contribution in [2.45, 2.75) is 32.2 Å². The van der Waals surface area contributed by atoms with Crippen LogP contribution < -0.4 is 11.1 Å². The normalized spacial score (nSPS) is 19.6. The summed E-state index contributed by atoms with van der Waals surface area (Å²) in [6.07, 6.45) is 0. The van der Waals surface area contributed by atoms with Gasteiger partial charge in [-0.3, -0.25) is 4.79 Å². The molecule has 1 aliphatic heterocycles. The standard InChI is InChI=1S/C12H16N2O/c1-7(13)8-4-5-10-9(6-8)12(2,3)11(15)14-10/h4-7H,13H2,1-3H3,(H,14,15)/t7-/m0/s1. The third-order valence-corrected chi connectivity index (χ3v) is 3.06. The highest BCUT2D eigenvalue weighted by Crippen LogP contribution is 2.38. The summed E-state index contributed by atoms with van der Waals surface area (Å²) in [5.74, 6) is 0.0549. The molecule has 0 unspecified atom stereocenters. The van der Waals surface area contributed by atoms with Crippen molar-refractivity contribution in [2.75, 3.05) is 5.32 Å². The largest absolute Gasteiger partial charge is 0.325 e. The van der Waals surface area contributed by atoms with Gasteiger partial charge >= 0.3 is 0 Å². The van der Waals surface area contributed by atoms with Gasteiger partial charge in [-0.25, -0.2) is 0 Å². The fraction of sp³-hybridized carbons (Fsp3) is 0.417. The van der Waals surface area contributed by atoms with Crippen molar-refractivity contribution >= 4 is 11.6 Å². The molecule has 15 heavy (non-hydrogen) atoms. The molecule has 3 heteroatoms. The molecule has 3 N–H and O–H groups in total. The van der Waals surface area contributed by atoms with Gasteiger partial charge in [0, 0.05) is 11.7 Å². The van der Waals surface area contributed by atoms with Crippen molar-refractivity contribution in [2.24, 2.45) is 5.73 Å². The van der Waals surface area contributed by atoms with E-state index in [2.05, 4.69) is 5.32 Å². The second kappa shape index (κ2) is 3.07. The van der Waals surface area contributed by atoms with Gasteiger partial charge in [0.05, 0.1) is 5.41 Å². The van der Waals surface area contributed by atoms with Crippen LogP contribution in [-0.4, -0.2) is 5.91 Å². The first-order valence-electron chi connectivity index (χ1n) is 5.14. The summed E-state index contributed by atoms with van der Waals surface area (Å²) in [5.41, 5.74) is 8.40. The van der Waals surface area contributed by atoms with Crippen LogP contribution in [0.2, 0.25) is 0 Å². The molecule has 1 heterocycles. The Bertz CT molecular complexity index is 422. The first-order chi connectivity index (χ1) is 6.93. The fourth-order valence-corrected chi connectivity index (χ4v) is 1.87. The number of carbonyl (C=O) groups excluding carboxylic acids is 1. The van der Waals surface area contributed by atoms with Crippen LogP contribution in [0.5, 0.6) is 0 Å². The molecule has 1 aliphatic rings. The number of benzene rings is 1. The van der Waals surface area contributed by atoms with Crippen LogP contribution in [0.1, 0.15) is 37.9 Å². The Hall–Kier alpha value is -1.35. The Morgan fingerprint density at radius 2 is 2.07 bits per heavy atom. The summed E-state index contributed by atoms with van der Waals surface area (Å²) in [7, 11) is 0. The van der Waals surface area contributed by atoms with Crippen molar-refractivity contribution in [3.8, 4) is 0 Å². The molecule has 0 fully saturated rings. The van der Waals surface area contributed by atoms with E-state index < -0.39 is 5.41 Å². The summed E-state index contributed by atoms with van der Waals surface area (Å²) in [6.45, 7) is 5.80. The predicted molar refractivity (Wildman–Crippen MR) is 60.7 cm³/mol. The lowest BCUT2D eigenvalue weighted by molar-refractivity contribution is -0.119. The quantitative estimate of drug-likeness (QED) is 0.734. The van der Waals surface area contributed by atoms with Gasteiger partial charge in [0.15, 0.2) is 0 Å². The topological polar surface area (TPSA) is 55.1 Å². The number of anilines is 1. The molecule has 0 spiro atoms. The number of nitrogens with two attached hydrogens (primary N) is 1. The van der Waals surface area contributed by atoms with Gasteiger partial charge in [-0.2, -0.15) is 0 Å². The zero-order valence-corrected chi connectivity index (χ0v) is 9.29. The molecule has 0 saturated carbocycles. The van der Waals surface area contributed by atoms with E-state index in [1.165, 1.54) is 0 Å². The van der Waals surface area contributed by atoms with Crippen LogP contribution in [0, 0.1) is 0 Å². The minimum Gasteiger partial charge on any atom is -0.325 e. The average molecular weight is 204 g/mol. The maximum atomic E-state index is 11.7. The Labute approximate surface area is 89.7 Å². The number of fused-ring (bicyclic) bond motifs is 1. The monoisotopic (exact) mass is 204 g/mol. The molecule has 2 rings (SSSR count). The molecule has 0 aromatic heterocycles. The summed E-state index contributed by atoms with van der Waals surface area (Å²) in [5, 5.41) is 2.87. The van der Waals surface area contributed by atoms with E-state index in [0.717, 1.165) is 16.8 Å². The molecular weight excluding hydrogens is 188 g/mol. The van der Waals surface area contributed by atoms with E-state index >= 15 is 0 Å². The Balaban J connectivity index is 2.55. The molecule has 1 amide bonds. The lowest BCUT2D eigenvalue weighted by Gasteiger charge is -2.16. The van der Waals surface area contributed by atoms with E-state index in [4.69, 9.17) is 5.73 Å². The molecule has 1 aromatic rings. The van der Waals surface area contributed by atoms with Gasteiger partial charge in [0.2, 0.25) is 5.91 Å². The molecule has 3 nitrogen and oxygen atoms in total. The zero-order chi connectivity index (χ0) is 11.2. The fourth-order valence-electron chi connectivity index (χ4n) is 1.87. The molecule has 0 radical (unpaired) electrons. The van der Waals surface area contributed by atoms with Crippen molar-refractivity contribution in [3.05, 3.63) is 29.3 Å². The zero-order valence-electron chi connectivity index (χ0n) is 9.29. The van der Waals surface area contributed by atoms with Crippen LogP contribution in [0.15, 0.2) is 18.2 Å². The Kier molecular flexibility index (Phi) is 2.08. The van der Waals surface area contributed by atoms with Crippen LogP contribution in [0.3, 0.4) is 0 Å². The van der Waals surface area contributed by atoms with Crippen LogP contribution in [0.25, 0.3) is 0 Å². The second-order valence-corrected chi connectivity index (χ2v) is 4.67. The summed E-state index contributed by atoms with van der Waals surface area (Å²) < 4.78 is 0. The number of hydrogen-bond acceptors (Lipinski definition) is 2. The van der Waals surface area contributed by atoms with Gasteiger partial charge in [-0.1, -0.05) is 12.1 Å². The minimum absolute atomic E-state index is 0.00167. The SMILES string of the molecule is C[C@H](N)c1ccc2c(c1)C(C)(C)C(=O)N2. The number of nitrogens with one attached hydrogen (secondary N) is 1. The number of hydrogen-bond donors (Lipinski definition) is 2. The van der Waals surface area contributed by atoms with E-state index in [-0.39, 0.29) is 11.9 Å². The molecule has 80 valence electrons. The van der Waals surface area contributed by atoms with E-state index in [0.29, 0.717) is 0 Å². The minimum atomic E-state index is -0.444.